The molecule has 0 saturated heterocycles. The van der Waals surface area contributed by atoms with Crippen molar-refractivity contribution in [3.63, 3.8) is 0 Å². The van der Waals surface area contributed by atoms with E-state index in [9.17, 15) is 13.5 Å². The van der Waals surface area contributed by atoms with Crippen LogP contribution in [0, 0.1) is 0 Å². The van der Waals surface area contributed by atoms with E-state index >= 15 is 0 Å². The summed E-state index contributed by atoms with van der Waals surface area (Å²) in [5, 5.41) is 12.8. The molecule has 158 valence electrons. The zero-order valence-electron chi connectivity index (χ0n) is 16.8. The van der Waals surface area contributed by atoms with E-state index in [4.69, 9.17) is 9.47 Å². The second-order valence-corrected chi connectivity index (χ2v) is 9.50. The van der Waals surface area contributed by atoms with Crippen LogP contribution in [-0.4, -0.2) is 49.8 Å². The van der Waals surface area contributed by atoms with Crippen LogP contribution in [0.3, 0.4) is 0 Å². The minimum absolute atomic E-state index is 0.0785. The predicted molar refractivity (Wildman–Crippen MR) is 110 cm³/mol. The van der Waals surface area contributed by atoms with Gasteiger partial charge in [-0.3, -0.25) is 5.43 Å². The summed E-state index contributed by atoms with van der Waals surface area (Å²) in [6, 6.07) is 14.5. The molecule has 0 saturated carbocycles. The third-order valence-corrected chi connectivity index (χ3v) is 6.57. The van der Waals surface area contributed by atoms with Gasteiger partial charge in [-0.1, -0.05) is 37.3 Å². The number of nitrogens with zero attached hydrogens (tertiary/aromatic N) is 1. The van der Waals surface area contributed by atoms with Crippen LogP contribution in [0.4, 0.5) is 0 Å². The summed E-state index contributed by atoms with van der Waals surface area (Å²) < 4.78 is 36.1. The van der Waals surface area contributed by atoms with Crippen LogP contribution in [0.25, 0.3) is 0 Å². The summed E-state index contributed by atoms with van der Waals surface area (Å²) in [6.45, 7) is 5.23. The first-order valence-corrected chi connectivity index (χ1v) is 11.3. The first-order valence-electron chi connectivity index (χ1n) is 9.66. The molecular formula is C21H28N2O5S. The molecule has 1 atom stereocenters. The van der Waals surface area contributed by atoms with Crippen molar-refractivity contribution < 1.29 is 23.0 Å². The fourth-order valence-electron chi connectivity index (χ4n) is 3.18. The molecule has 2 aromatic carbocycles. The fourth-order valence-corrected chi connectivity index (χ4v) is 4.83. The molecule has 29 heavy (non-hydrogen) atoms. The lowest BCUT2D eigenvalue weighted by atomic mass is 10.1. The number of benzene rings is 2. The van der Waals surface area contributed by atoms with Crippen molar-refractivity contribution >= 4 is 9.84 Å². The Morgan fingerprint density at radius 3 is 2.59 bits per heavy atom. The number of hydrogen-bond donors (Lipinski definition) is 2. The molecule has 1 aliphatic heterocycles. The van der Waals surface area contributed by atoms with Crippen LogP contribution in [0.15, 0.2) is 53.4 Å². The summed E-state index contributed by atoms with van der Waals surface area (Å²) in [5.74, 6) is 0.520. The first-order chi connectivity index (χ1) is 13.8. The summed E-state index contributed by atoms with van der Waals surface area (Å²) in [7, 11) is -3.70. The van der Waals surface area contributed by atoms with Crippen molar-refractivity contribution in [2.45, 2.75) is 37.3 Å². The highest BCUT2D eigenvalue weighted by atomic mass is 32.2. The highest BCUT2D eigenvalue weighted by molar-refractivity contribution is 7.91. The molecule has 1 heterocycles. The standard InChI is InChI=1S/C21H28N2O5S/c1-3-11-23(13-17-7-5-4-6-8-17)22-14-21(2,24)15-29(25,26)18-9-10-19-20(12-18)28-16-27-19/h4-10,12,22,24H,3,11,13-16H2,1-2H3/t21-/m1/s1. The van der Waals surface area contributed by atoms with Crippen molar-refractivity contribution in [3.05, 3.63) is 54.1 Å². The van der Waals surface area contributed by atoms with Gasteiger partial charge in [0.15, 0.2) is 21.3 Å². The first kappa shape index (κ1) is 21.6. The Kier molecular flexibility index (Phi) is 6.79. The molecule has 2 aromatic rings. The maximum absolute atomic E-state index is 12.8. The van der Waals surface area contributed by atoms with E-state index in [1.54, 1.807) is 6.07 Å². The van der Waals surface area contributed by atoms with Gasteiger partial charge in [0, 0.05) is 25.7 Å². The van der Waals surface area contributed by atoms with Gasteiger partial charge in [-0.25, -0.2) is 13.4 Å². The molecule has 0 bridgehead atoms. The SMILES string of the molecule is CCCN(Cc1ccccc1)NC[C@@](C)(O)CS(=O)(=O)c1ccc2c(c1)OCO2. The minimum Gasteiger partial charge on any atom is -0.454 e. The number of sulfone groups is 1. The Morgan fingerprint density at radius 2 is 1.86 bits per heavy atom. The van der Waals surface area contributed by atoms with Crippen LogP contribution in [0.5, 0.6) is 11.5 Å². The van der Waals surface area contributed by atoms with Crippen LogP contribution in [0.2, 0.25) is 0 Å². The normalized spacial score (nSPS) is 15.4. The van der Waals surface area contributed by atoms with Gasteiger partial charge in [-0.05, 0) is 31.0 Å². The van der Waals surface area contributed by atoms with Crippen molar-refractivity contribution in [1.29, 1.82) is 0 Å². The zero-order chi connectivity index (χ0) is 20.9. The maximum Gasteiger partial charge on any atom is 0.231 e. The van der Waals surface area contributed by atoms with Crippen LogP contribution < -0.4 is 14.9 Å². The van der Waals surface area contributed by atoms with Crippen molar-refractivity contribution in [2.24, 2.45) is 0 Å². The zero-order valence-corrected chi connectivity index (χ0v) is 17.6. The molecule has 0 fully saturated rings. The predicted octanol–water partition coefficient (Wildman–Crippen LogP) is 2.36. The number of fused-ring (bicyclic) bond motifs is 1. The smallest absolute Gasteiger partial charge is 0.231 e. The van der Waals surface area contributed by atoms with Crippen molar-refractivity contribution in [3.8, 4) is 11.5 Å². The quantitative estimate of drug-likeness (QED) is 0.571. The van der Waals surface area contributed by atoms with Gasteiger partial charge in [-0.2, -0.15) is 0 Å². The Hall–Kier alpha value is -2.13. The maximum atomic E-state index is 12.8. The Morgan fingerprint density at radius 1 is 1.14 bits per heavy atom. The Balaban J connectivity index is 1.63. The molecule has 0 aliphatic carbocycles. The van der Waals surface area contributed by atoms with Gasteiger partial charge in [0.05, 0.1) is 16.2 Å². The molecule has 2 N–H and O–H groups in total. The van der Waals surface area contributed by atoms with E-state index in [0.717, 1.165) is 18.5 Å². The lowest BCUT2D eigenvalue weighted by Gasteiger charge is -2.29. The molecule has 0 amide bonds. The number of aliphatic hydroxyl groups is 1. The summed E-state index contributed by atoms with van der Waals surface area (Å²) >= 11 is 0. The molecule has 0 aromatic heterocycles. The van der Waals surface area contributed by atoms with Crippen LogP contribution in [0.1, 0.15) is 25.8 Å². The topological polar surface area (TPSA) is 88.1 Å². The van der Waals surface area contributed by atoms with Crippen molar-refractivity contribution in [2.75, 3.05) is 25.6 Å². The van der Waals surface area contributed by atoms with E-state index < -0.39 is 21.2 Å². The van der Waals surface area contributed by atoms with E-state index in [2.05, 4.69) is 12.3 Å². The largest absolute Gasteiger partial charge is 0.454 e. The number of ether oxygens (including phenoxy) is 2. The lowest BCUT2D eigenvalue weighted by molar-refractivity contribution is 0.0477. The van der Waals surface area contributed by atoms with Gasteiger partial charge in [0.1, 0.15) is 0 Å². The molecule has 0 radical (unpaired) electrons. The monoisotopic (exact) mass is 420 g/mol. The summed E-state index contributed by atoms with van der Waals surface area (Å²) in [4.78, 5) is 0.108. The number of hydrazine groups is 1. The van der Waals surface area contributed by atoms with Gasteiger partial charge in [-0.15, -0.1) is 0 Å². The van der Waals surface area contributed by atoms with Crippen LogP contribution >= 0.6 is 0 Å². The van der Waals surface area contributed by atoms with E-state index in [-0.39, 0.29) is 18.2 Å². The minimum atomic E-state index is -3.70. The number of rotatable bonds is 10. The Bertz CT molecular complexity index is 916. The van der Waals surface area contributed by atoms with Crippen LogP contribution in [-0.2, 0) is 16.4 Å². The van der Waals surface area contributed by atoms with Gasteiger partial charge in [0.25, 0.3) is 0 Å². The third-order valence-electron chi connectivity index (χ3n) is 4.60. The average molecular weight is 421 g/mol. The van der Waals surface area contributed by atoms with E-state index in [1.807, 2.05) is 35.3 Å². The second kappa shape index (κ2) is 9.13. The fraction of sp³-hybridized carbons (Fsp3) is 0.429. The molecular weight excluding hydrogens is 392 g/mol. The van der Waals surface area contributed by atoms with Gasteiger partial charge >= 0.3 is 0 Å². The highest BCUT2D eigenvalue weighted by Crippen LogP contribution is 2.34. The number of hydrogen-bond acceptors (Lipinski definition) is 7. The third kappa shape index (κ3) is 5.93. The Labute approximate surface area is 172 Å². The molecule has 0 unspecified atom stereocenters. The molecule has 3 rings (SSSR count). The van der Waals surface area contributed by atoms with E-state index in [1.165, 1.54) is 19.1 Å². The molecule has 7 nitrogen and oxygen atoms in total. The number of nitrogens with one attached hydrogen (secondary N) is 1. The molecule has 8 heteroatoms. The average Bonchev–Trinajstić information content (AvgIpc) is 3.14. The highest BCUT2D eigenvalue weighted by Gasteiger charge is 2.31. The van der Waals surface area contributed by atoms with E-state index in [0.29, 0.717) is 18.0 Å². The lowest BCUT2D eigenvalue weighted by Crippen LogP contribution is -2.49. The van der Waals surface area contributed by atoms with Gasteiger partial charge < -0.3 is 14.6 Å². The molecule has 0 spiro atoms. The molecule has 1 aliphatic rings. The summed E-state index contributed by atoms with van der Waals surface area (Å²) in [5.41, 5.74) is 2.89. The summed E-state index contributed by atoms with van der Waals surface area (Å²) in [6.07, 6.45) is 0.928. The second-order valence-electron chi connectivity index (χ2n) is 7.51. The van der Waals surface area contributed by atoms with Gasteiger partial charge in [0.2, 0.25) is 6.79 Å². The van der Waals surface area contributed by atoms with Crippen molar-refractivity contribution in [1.82, 2.24) is 10.4 Å².